The number of pyridine rings is 1. The molecule has 7 nitrogen and oxygen atoms in total. The van der Waals surface area contributed by atoms with E-state index in [1.807, 2.05) is 19.1 Å². The number of hydrogen-bond donors (Lipinski definition) is 2. The van der Waals surface area contributed by atoms with Gasteiger partial charge in [-0.05, 0) is 25.1 Å². The molecule has 24 heavy (non-hydrogen) atoms. The fourth-order valence-corrected chi connectivity index (χ4v) is 2.07. The highest BCUT2D eigenvalue weighted by molar-refractivity contribution is 5.94. The highest BCUT2D eigenvalue weighted by atomic mass is 16.5. The second-order valence-electron chi connectivity index (χ2n) is 4.79. The van der Waals surface area contributed by atoms with Gasteiger partial charge in [0.15, 0.2) is 5.96 Å². The van der Waals surface area contributed by atoms with Gasteiger partial charge in [-0.15, -0.1) is 0 Å². The molecule has 0 amide bonds. The number of anilines is 1. The van der Waals surface area contributed by atoms with Crippen molar-refractivity contribution in [2.24, 2.45) is 10.7 Å². The van der Waals surface area contributed by atoms with Crippen molar-refractivity contribution in [3.8, 4) is 17.4 Å². The summed E-state index contributed by atoms with van der Waals surface area (Å²) in [6.45, 7) is 2.81. The Hall–Kier alpha value is -2.96. The summed E-state index contributed by atoms with van der Waals surface area (Å²) in [5.41, 5.74) is 7.51. The Morgan fingerprint density at radius 3 is 2.79 bits per heavy atom. The number of nitrogens with one attached hydrogen (secondary N) is 1. The van der Waals surface area contributed by atoms with Gasteiger partial charge in [0.2, 0.25) is 5.88 Å². The SMILES string of the molecule is CCOc1ncccc1CN=C(N)Nc1cc(OC)ccc1OC. The third-order valence-electron chi connectivity index (χ3n) is 3.22. The molecule has 0 unspecified atom stereocenters. The lowest BCUT2D eigenvalue weighted by atomic mass is 10.2. The molecule has 1 aromatic carbocycles. The summed E-state index contributed by atoms with van der Waals surface area (Å²) < 4.78 is 16.0. The summed E-state index contributed by atoms with van der Waals surface area (Å²) in [7, 11) is 3.19. The molecule has 0 fully saturated rings. The number of methoxy groups -OCH3 is 2. The highest BCUT2D eigenvalue weighted by Gasteiger charge is 2.07. The quantitative estimate of drug-likeness (QED) is 0.598. The van der Waals surface area contributed by atoms with Crippen molar-refractivity contribution in [3.05, 3.63) is 42.1 Å². The van der Waals surface area contributed by atoms with Gasteiger partial charge in [0.25, 0.3) is 0 Å². The summed E-state index contributed by atoms with van der Waals surface area (Å²) in [4.78, 5) is 8.52. The Kier molecular flexibility index (Phi) is 6.24. The lowest BCUT2D eigenvalue weighted by Crippen LogP contribution is -2.23. The second kappa shape index (κ2) is 8.61. The van der Waals surface area contributed by atoms with E-state index in [9.17, 15) is 0 Å². The Morgan fingerprint density at radius 2 is 2.08 bits per heavy atom. The monoisotopic (exact) mass is 330 g/mol. The normalized spacial score (nSPS) is 11.0. The molecule has 0 aliphatic rings. The first kappa shape index (κ1) is 17.4. The third-order valence-corrected chi connectivity index (χ3v) is 3.22. The Morgan fingerprint density at radius 1 is 1.25 bits per heavy atom. The van der Waals surface area contributed by atoms with Crippen LogP contribution in [-0.2, 0) is 6.54 Å². The maximum atomic E-state index is 5.97. The van der Waals surface area contributed by atoms with Crippen molar-refractivity contribution in [2.45, 2.75) is 13.5 Å². The zero-order valence-electron chi connectivity index (χ0n) is 14.1. The molecule has 0 bridgehead atoms. The van der Waals surface area contributed by atoms with Gasteiger partial charge < -0.3 is 25.3 Å². The van der Waals surface area contributed by atoms with E-state index in [-0.39, 0.29) is 5.96 Å². The van der Waals surface area contributed by atoms with Crippen LogP contribution in [0.1, 0.15) is 12.5 Å². The first-order valence-electron chi connectivity index (χ1n) is 7.53. The standard InChI is InChI=1S/C17H22N4O3/c1-4-24-16-12(6-5-9-19-16)11-20-17(18)21-14-10-13(22-2)7-8-15(14)23-3/h5-10H,4,11H2,1-3H3,(H3,18,20,21). The molecule has 2 rings (SSSR count). The van der Waals surface area contributed by atoms with Crippen LogP contribution < -0.4 is 25.3 Å². The minimum atomic E-state index is 0.257. The van der Waals surface area contributed by atoms with Crippen molar-refractivity contribution in [3.63, 3.8) is 0 Å². The van der Waals surface area contributed by atoms with Crippen LogP contribution in [0, 0.1) is 0 Å². The van der Waals surface area contributed by atoms with E-state index in [4.69, 9.17) is 19.9 Å². The van der Waals surface area contributed by atoms with Crippen LogP contribution in [-0.4, -0.2) is 31.8 Å². The number of aromatic nitrogens is 1. The maximum absolute atomic E-state index is 5.97. The molecule has 0 atom stereocenters. The molecule has 0 radical (unpaired) electrons. The third kappa shape index (κ3) is 4.52. The number of ether oxygens (including phenoxy) is 3. The van der Waals surface area contributed by atoms with Gasteiger partial charge in [-0.25, -0.2) is 9.98 Å². The van der Waals surface area contributed by atoms with Crippen molar-refractivity contribution in [1.82, 2.24) is 4.98 Å². The lowest BCUT2D eigenvalue weighted by molar-refractivity contribution is 0.323. The fraction of sp³-hybridized carbons (Fsp3) is 0.294. The van der Waals surface area contributed by atoms with Crippen LogP contribution in [0.2, 0.25) is 0 Å². The van der Waals surface area contributed by atoms with Gasteiger partial charge in [-0.3, -0.25) is 0 Å². The number of nitrogens with two attached hydrogens (primary N) is 1. The number of benzene rings is 1. The zero-order chi connectivity index (χ0) is 17.4. The summed E-state index contributed by atoms with van der Waals surface area (Å²) >= 11 is 0. The fourth-order valence-electron chi connectivity index (χ4n) is 2.07. The van der Waals surface area contributed by atoms with E-state index >= 15 is 0 Å². The molecule has 0 saturated heterocycles. The van der Waals surface area contributed by atoms with Crippen LogP contribution in [0.25, 0.3) is 0 Å². The highest BCUT2D eigenvalue weighted by Crippen LogP contribution is 2.28. The average molecular weight is 330 g/mol. The summed E-state index contributed by atoms with van der Waals surface area (Å²) in [5.74, 6) is 2.16. The first-order valence-corrected chi connectivity index (χ1v) is 7.53. The predicted octanol–water partition coefficient (Wildman–Crippen LogP) is 2.42. The summed E-state index contributed by atoms with van der Waals surface area (Å²) in [6, 6.07) is 9.13. The average Bonchev–Trinajstić information content (AvgIpc) is 2.61. The van der Waals surface area contributed by atoms with Crippen molar-refractivity contribution in [2.75, 3.05) is 26.1 Å². The molecule has 0 aliphatic carbocycles. The smallest absolute Gasteiger partial charge is 0.218 e. The van der Waals surface area contributed by atoms with Gasteiger partial charge in [-0.1, -0.05) is 6.07 Å². The molecule has 0 aliphatic heterocycles. The molecule has 2 aromatic rings. The predicted molar refractivity (Wildman–Crippen MR) is 93.9 cm³/mol. The maximum Gasteiger partial charge on any atom is 0.218 e. The van der Waals surface area contributed by atoms with E-state index in [1.54, 1.807) is 38.6 Å². The molecule has 1 heterocycles. The number of hydrogen-bond acceptors (Lipinski definition) is 5. The van der Waals surface area contributed by atoms with E-state index in [0.717, 1.165) is 5.56 Å². The summed E-state index contributed by atoms with van der Waals surface area (Å²) in [6.07, 6.45) is 1.68. The molecule has 0 spiro atoms. The van der Waals surface area contributed by atoms with Gasteiger partial charge in [0.1, 0.15) is 11.5 Å². The lowest BCUT2D eigenvalue weighted by Gasteiger charge is -2.12. The zero-order valence-corrected chi connectivity index (χ0v) is 14.1. The van der Waals surface area contributed by atoms with Gasteiger partial charge >= 0.3 is 0 Å². The van der Waals surface area contributed by atoms with E-state index < -0.39 is 0 Å². The van der Waals surface area contributed by atoms with Gasteiger partial charge in [0, 0.05) is 17.8 Å². The molecule has 128 valence electrons. The number of aliphatic imine (C=N–C) groups is 1. The Bertz CT molecular complexity index is 704. The molecule has 0 saturated carbocycles. The molecular formula is C17H22N4O3. The second-order valence-corrected chi connectivity index (χ2v) is 4.79. The van der Waals surface area contributed by atoms with Gasteiger partial charge in [-0.2, -0.15) is 0 Å². The van der Waals surface area contributed by atoms with Crippen LogP contribution in [0.4, 0.5) is 5.69 Å². The number of nitrogens with zero attached hydrogens (tertiary/aromatic N) is 2. The van der Waals surface area contributed by atoms with Crippen molar-refractivity contribution >= 4 is 11.6 Å². The minimum Gasteiger partial charge on any atom is -0.497 e. The molecule has 7 heteroatoms. The van der Waals surface area contributed by atoms with E-state index in [1.165, 1.54) is 0 Å². The van der Waals surface area contributed by atoms with Crippen molar-refractivity contribution in [1.29, 1.82) is 0 Å². The Balaban J connectivity index is 2.12. The first-order chi connectivity index (χ1) is 11.7. The Labute approximate surface area is 141 Å². The van der Waals surface area contributed by atoms with E-state index in [0.29, 0.717) is 36.2 Å². The number of guanidine groups is 1. The summed E-state index contributed by atoms with van der Waals surface area (Å²) in [5, 5.41) is 3.02. The number of rotatable bonds is 7. The molecule has 3 N–H and O–H groups in total. The van der Waals surface area contributed by atoms with E-state index in [2.05, 4.69) is 15.3 Å². The minimum absolute atomic E-state index is 0.257. The largest absolute Gasteiger partial charge is 0.497 e. The van der Waals surface area contributed by atoms with Crippen molar-refractivity contribution < 1.29 is 14.2 Å². The topological polar surface area (TPSA) is 91.0 Å². The van der Waals surface area contributed by atoms with Crippen LogP contribution >= 0.6 is 0 Å². The van der Waals surface area contributed by atoms with Gasteiger partial charge in [0.05, 0.1) is 33.1 Å². The van der Waals surface area contributed by atoms with Crippen LogP contribution in [0.3, 0.4) is 0 Å². The molecular weight excluding hydrogens is 308 g/mol. The molecule has 1 aromatic heterocycles. The van der Waals surface area contributed by atoms with Crippen LogP contribution in [0.15, 0.2) is 41.5 Å². The van der Waals surface area contributed by atoms with Crippen LogP contribution in [0.5, 0.6) is 17.4 Å².